The molecule has 24 heavy (non-hydrogen) atoms. The van der Waals surface area contributed by atoms with Gasteiger partial charge in [-0.25, -0.2) is 9.67 Å². The normalized spacial score (nSPS) is 30.2. The van der Waals surface area contributed by atoms with Crippen molar-refractivity contribution in [3.05, 3.63) is 11.9 Å². The SMILES string of the molecule is NC(N)=NCc1cn([C@H]2C(OCCCl)OC(CO)[C@@H](O)[C@@H]2O)nn1. The molecule has 2 heterocycles. The largest absolute Gasteiger partial charge is 0.394 e. The van der Waals surface area contributed by atoms with Gasteiger partial charge in [-0.3, -0.25) is 0 Å². The maximum Gasteiger partial charge on any atom is 0.186 e. The highest BCUT2D eigenvalue weighted by molar-refractivity contribution is 6.17. The number of ether oxygens (including phenoxy) is 2. The van der Waals surface area contributed by atoms with E-state index in [0.29, 0.717) is 5.69 Å². The summed E-state index contributed by atoms with van der Waals surface area (Å²) in [6.07, 6.45) is -3.07. The topological polar surface area (TPSA) is 174 Å². The van der Waals surface area contributed by atoms with E-state index in [0.717, 1.165) is 0 Å². The van der Waals surface area contributed by atoms with Gasteiger partial charge in [0.1, 0.15) is 30.0 Å². The minimum atomic E-state index is -1.32. The van der Waals surface area contributed by atoms with E-state index in [2.05, 4.69) is 15.3 Å². The summed E-state index contributed by atoms with van der Waals surface area (Å²) in [6, 6.07) is -0.883. The van der Waals surface area contributed by atoms with E-state index in [1.54, 1.807) is 0 Å². The summed E-state index contributed by atoms with van der Waals surface area (Å²) in [5, 5.41) is 37.5. The Labute approximate surface area is 142 Å². The smallest absolute Gasteiger partial charge is 0.186 e. The lowest BCUT2D eigenvalue weighted by Gasteiger charge is -2.41. The molecule has 0 saturated carbocycles. The highest BCUT2D eigenvalue weighted by Crippen LogP contribution is 2.30. The predicted molar refractivity (Wildman–Crippen MR) is 83.0 cm³/mol. The second-order valence-electron chi connectivity index (χ2n) is 5.19. The highest BCUT2D eigenvalue weighted by atomic mass is 35.5. The van der Waals surface area contributed by atoms with Gasteiger partial charge in [0.15, 0.2) is 12.2 Å². The zero-order chi connectivity index (χ0) is 17.7. The van der Waals surface area contributed by atoms with Gasteiger partial charge in [0.05, 0.1) is 26.0 Å². The Morgan fingerprint density at radius 1 is 1.42 bits per heavy atom. The summed E-state index contributed by atoms with van der Waals surface area (Å²) in [6.45, 7) is -0.209. The quantitative estimate of drug-likeness (QED) is 0.195. The van der Waals surface area contributed by atoms with E-state index in [1.165, 1.54) is 10.9 Å². The van der Waals surface area contributed by atoms with E-state index in [9.17, 15) is 15.3 Å². The van der Waals surface area contributed by atoms with Crippen LogP contribution in [-0.2, 0) is 16.0 Å². The van der Waals surface area contributed by atoms with Crippen molar-refractivity contribution < 1.29 is 24.8 Å². The fraction of sp³-hybridized carbons (Fsp3) is 0.750. The first kappa shape index (κ1) is 18.8. The van der Waals surface area contributed by atoms with Crippen LogP contribution >= 0.6 is 11.6 Å². The predicted octanol–water partition coefficient (Wildman–Crippen LogP) is -2.71. The van der Waals surface area contributed by atoms with Crippen molar-refractivity contribution in [2.75, 3.05) is 19.1 Å². The van der Waals surface area contributed by atoms with Crippen LogP contribution in [0.15, 0.2) is 11.2 Å². The maximum atomic E-state index is 10.4. The van der Waals surface area contributed by atoms with Crippen molar-refractivity contribution in [2.24, 2.45) is 16.5 Å². The molecular weight excluding hydrogens is 344 g/mol. The summed E-state index contributed by atoms with van der Waals surface area (Å²) >= 11 is 5.61. The molecule has 5 atom stereocenters. The van der Waals surface area contributed by atoms with Crippen LogP contribution in [0.3, 0.4) is 0 Å². The van der Waals surface area contributed by atoms with E-state index in [1.807, 2.05) is 0 Å². The molecule has 2 rings (SSSR count). The van der Waals surface area contributed by atoms with Gasteiger partial charge in [0, 0.05) is 5.88 Å². The zero-order valence-electron chi connectivity index (χ0n) is 12.8. The van der Waals surface area contributed by atoms with Crippen molar-refractivity contribution in [1.29, 1.82) is 0 Å². The first-order valence-electron chi connectivity index (χ1n) is 7.24. The monoisotopic (exact) mass is 364 g/mol. The molecule has 1 aliphatic heterocycles. The summed E-state index contributed by atoms with van der Waals surface area (Å²) in [7, 11) is 0. The lowest BCUT2D eigenvalue weighted by atomic mass is 9.97. The van der Waals surface area contributed by atoms with Crippen molar-refractivity contribution in [1.82, 2.24) is 15.0 Å². The maximum absolute atomic E-state index is 10.4. The number of aromatic nitrogens is 3. The van der Waals surface area contributed by atoms with Crippen LogP contribution in [0.4, 0.5) is 0 Å². The minimum Gasteiger partial charge on any atom is -0.394 e. The van der Waals surface area contributed by atoms with Crippen LogP contribution in [0.2, 0.25) is 0 Å². The molecule has 1 fully saturated rings. The Morgan fingerprint density at radius 2 is 2.17 bits per heavy atom. The van der Waals surface area contributed by atoms with Gasteiger partial charge >= 0.3 is 0 Å². The Kier molecular flexibility index (Phi) is 6.71. The summed E-state index contributed by atoms with van der Waals surface area (Å²) in [5.41, 5.74) is 11.0. The van der Waals surface area contributed by atoms with Crippen molar-refractivity contribution in [3.8, 4) is 0 Å². The van der Waals surface area contributed by atoms with Gasteiger partial charge in [0.2, 0.25) is 0 Å². The third-order valence-electron chi connectivity index (χ3n) is 3.49. The van der Waals surface area contributed by atoms with E-state index >= 15 is 0 Å². The lowest BCUT2D eigenvalue weighted by Crippen LogP contribution is -2.57. The Balaban J connectivity index is 2.21. The van der Waals surface area contributed by atoms with E-state index in [4.69, 9.17) is 32.5 Å². The highest BCUT2D eigenvalue weighted by Gasteiger charge is 2.46. The average molecular weight is 365 g/mol. The number of nitrogens with zero attached hydrogens (tertiary/aromatic N) is 4. The molecule has 1 aliphatic rings. The molecule has 0 aliphatic carbocycles. The molecule has 0 radical (unpaired) electrons. The van der Waals surface area contributed by atoms with Crippen molar-refractivity contribution in [3.63, 3.8) is 0 Å². The second-order valence-corrected chi connectivity index (χ2v) is 5.57. The van der Waals surface area contributed by atoms with Gasteiger partial charge < -0.3 is 36.3 Å². The van der Waals surface area contributed by atoms with Gasteiger partial charge in [0.25, 0.3) is 0 Å². The fourth-order valence-electron chi connectivity index (χ4n) is 2.35. The van der Waals surface area contributed by atoms with Crippen molar-refractivity contribution in [2.45, 2.75) is 37.2 Å². The molecular formula is C12H21ClN6O5. The molecule has 0 bridgehead atoms. The second kappa shape index (κ2) is 8.55. The standard InChI is InChI=1S/C12H21ClN6O5/c13-1-2-23-11-8(10(22)9(21)7(5-20)24-11)19-4-6(17-18-19)3-16-12(14)15/h4,7-11,20-22H,1-3,5H2,(H4,14,15,16)/t7?,8-,9-,10-,11?/m1/s1. The zero-order valence-corrected chi connectivity index (χ0v) is 13.5. The number of halogens is 1. The van der Waals surface area contributed by atoms with Crippen LogP contribution in [0.1, 0.15) is 11.7 Å². The molecule has 2 unspecified atom stereocenters. The number of alkyl halides is 1. The molecule has 12 heteroatoms. The molecule has 1 saturated heterocycles. The molecule has 0 aromatic carbocycles. The number of rotatable bonds is 7. The van der Waals surface area contributed by atoms with E-state index < -0.39 is 37.3 Å². The molecule has 0 amide bonds. The third-order valence-corrected chi connectivity index (χ3v) is 3.65. The number of aliphatic imine (C=N–C) groups is 1. The van der Waals surface area contributed by atoms with Crippen LogP contribution in [0.25, 0.3) is 0 Å². The summed E-state index contributed by atoms with van der Waals surface area (Å²) < 4.78 is 12.3. The summed E-state index contributed by atoms with van der Waals surface area (Å²) in [5.74, 6) is 0.123. The molecule has 0 spiro atoms. The number of aliphatic hydroxyl groups is 3. The van der Waals surface area contributed by atoms with Crippen LogP contribution in [0.5, 0.6) is 0 Å². The number of aliphatic hydroxyl groups excluding tert-OH is 3. The molecule has 136 valence electrons. The van der Waals surface area contributed by atoms with Gasteiger partial charge in [-0.2, -0.15) is 0 Å². The fourth-order valence-corrected chi connectivity index (χ4v) is 2.44. The van der Waals surface area contributed by atoms with Crippen LogP contribution < -0.4 is 11.5 Å². The number of guanidine groups is 1. The third kappa shape index (κ3) is 4.32. The lowest BCUT2D eigenvalue weighted by molar-refractivity contribution is -0.280. The van der Waals surface area contributed by atoms with Gasteiger partial charge in [-0.15, -0.1) is 16.7 Å². The molecule has 11 nitrogen and oxygen atoms in total. The first-order chi connectivity index (χ1) is 11.5. The Hall–Kier alpha value is -1.50. The first-order valence-corrected chi connectivity index (χ1v) is 7.77. The van der Waals surface area contributed by atoms with Crippen LogP contribution in [-0.4, -0.2) is 80.0 Å². The number of nitrogens with two attached hydrogens (primary N) is 2. The average Bonchev–Trinajstić information content (AvgIpc) is 3.02. The van der Waals surface area contributed by atoms with Gasteiger partial charge in [-0.1, -0.05) is 5.21 Å². The Morgan fingerprint density at radius 3 is 2.79 bits per heavy atom. The van der Waals surface area contributed by atoms with Crippen molar-refractivity contribution >= 4 is 17.6 Å². The molecule has 7 N–H and O–H groups in total. The van der Waals surface area contributed by atoms with Crippen LogP contribution in [0, 0.1) is 0 Å². The van der Waals surface area contributed by atoms with Gasteiger partial charge in [-0.05, 0) is 0 Å². The Bertz CT molecular complexity index is 554. The molecule has 1 aromatic heterocycles. The molecule has 1 aromatic rings. The number of hydrogen-bond acceptors (Lipinski definition) is 8. The summed E-state index contributed by atoms with van der Waals surface area (Å²) in [4.78, 5) is 3.81. The number of hydrogen-bond donors (Lipinski definition) is 5. The minimum absolute atomic E-state index is 0.0879. The van der Waals surface area contributed by atoms with E-state index in [-0.39, 0.29) is 25.0 Å².